The van der Waals surface area contributed by atoms with E-state index in [4.69, 9.17) is 9.47 Å². The molecule has 0 aliphatic heterocycles. The molecular weight excluding hydrogens is 254 g/mol. The largest absolute Gasteiger partial charge is 0.483 e. The summed E-state index contributed by atoms with van der Waals surface area (Å²) in [5.74, 6) is 1.02. The second-order valence-electron chi connectivity index (χ2n) is 5.41. The second-order valence-corrected chi connectivity index (χ2v) is 5.41. The third-order valence-electron chi connectivity index (χ3n) is 2.97. The molecule has 0 aromatic heterocycles. The summed E-state index contributed by atoms with van der Waals surface area (Å²) in [7, 11) is 1.61. The molecule has 0 saturated carbocycles. The van der Waals surface area contributed by atoms with Crippen LogP contribution in [-0.4, -0.2) is 32.3 Å². The highest BCUT2D eigenvalue weighted by molar-refractivity contribution is 5.77. The lowest BCUT2D eigenvalue weighted by atomic mass is 10.0. The van der Waals surface area contributed by atoms with Crippen molar-refractivity contribution in [2.45, 2.75) is 39.7 Å². The van der Waals surface area contributed by atoms with Crippen molar-refractivity contribution in [3.8, 4) is 5.75 Å². The van der Waals surface area contributed by atoms with Crippen molar-refractivity contribution in [2.75, 3.05) is 20.3 Å². The minimum Gasteiger partial charge on any atom is -0.483 e. The molecule has 1 N–H and O–H groups in total. The molecule has 0 spiro atoms. The average molecular weight is 279 g/mol. The van der Waals surface area contributed by atoms with Crippen molar-refractivity contribution in [3.63, 3.8) is 0 Å². The fraction of sp³-hybridized carbons (Fsp3) is 0.562. The molecule has 1 unspecified atom stereocenters. The van der Waals surface area contributed by atoms with Gasteiger partial charge in [0.05, 0.1) is 6.61 Å². The number of methoxy groups -OCH3 is 1. The standard InChI is InChI=1S/C16H25NO3/c1-11(2)14-7-6-12(3)8-15(14)20-10-16(18)17-13(4)9-19-5/h6-8,11,13H,9-10H2,1-5H3,(H,17,18). The van der Waals surface area contributed by atoms with Gasteiger partial charge in [0.1, 0.15) is 5.75 Å². The van der Waals surface area contributed by atoms with Gasteiger partial charge in [-0.05, 0) is 37.0 Å². The van der Waals surface area contributed by atoms with Crippen molar-refractivity contribution < 1.29 is 14.3 Å². The fourth-order valence-corrected chi connectivity index (χ4v) is 2.00. The third kappa shape index (κ3) is 5.21. The summed E-state index contributed by atoms with van der Waals surface area (Å²) in [6, 6.07) is 6.07. The highest BCUT2D eigenvalue weighted by Gasteiger charge is 2.11. The molecule has 1 atom stereocenters. The van der Waals surface area contributed by atoms with Crippen LogP contribution in [0.1, 0.15) is 37.8 Å². The maximum atomic E-state index is 11.8. The van der Waals surface area contributed by atoms with Gasteiger partial charge in [0.25, 0.3) is 5.91 Å². The Morgan fingerprint density at radius 3 is 2.60 bits per heavy atom. The molecule has 4 nitrogen and oxygen atoms in total. The second kappa shape index (κ2) is 7.90. The zero-order valence-electron chi connectivity index (χ0n) is 13.0. The van der Waals surface area contributed by atoms with Crippen molar-refractivity contribution in [2.24, 2.45) is 0 Å². The van der Waals surface area contributed by atoms with E-state index in [0.29, 0.717) is 12.5 Å². The van der Waals surface area contributed by atoms with Crippen LogP contribution < -0.4 is 10.1 Å². The summed E-state index contributed by atoms with van der Waals surface area (Å²) >= 11 is 0. The molecule has 1 rings (SSSR count). The Hall–Kier alpha value is -1.55. The quantitative estimate of drug-likeness (QED) is 0.834. The molecule has 0 saturated heterocycles. The number of hydrogen-bond acceptors (Lipinski definition) is 3. The van der Waals surface area contributed by atoms with Crippen LogP contribution in [0.4, 0.5) is 0 Å². The van der Waals surface area contributed by atoms with Crippen LogP contribution in [-0.2, 0) is 9.53 Å². The Bertz CT molecular complexity index is 443. The fourth-order valence-electron chi connectivity index (χ4n) is 2.00. The van der Waals surface area contributed by atoms with E-state index in [1.807, 2.05) is 19.9 Å². The highest BCUT2D eigenvalue weighted by Crippen LogP contribution is 2.27. The Balaban J connectivity index is 2.61. The summed E-state index contributed by atoms with van der Waals surface area (Å²) in [4.78, 5) is 11.8. The zero-order valence-corrected chi connectivity index (χ0v) is 13.0. The monoisotopic (exact) mass is 279 g/mol. The number of ether oxygens (including phenoxy) is 2. The molecule has 0 fully saturated rings. The molecule has 0 aliphatic carbocycles. The van der Waals surface area contributed by atoms with Gasteiger partial charge in [-0.25, -0.2) is 0 Å². The zero-order chi connectivity index (χ0) is 15.1. The molecule has 0 aliphatic rings. The molecule has 4 heteroatoms. The van der Waals surface area contributed by atoms with Crippen LogP contribution in [0.25, 0.3) is 0 Å². The van der Waals surface area contributed by atoms with E-state index in [9.17, 15) is 4.79 Å². The maximum Gasteiger partial charge on any atom is 0.258 e. The number of benzene rings is 1. The van der Waals surface area contributed by atoms with E-state index in [2.05, 4.69) is 31.3 Å². The molecule has 1 aromatic carbocycles. The van der Waals surface area contributed by atoms with E-state index < -0.39 is 0 Å². The molecule has 1 aromatic rings. The first-order valence-corrected chi connectivity index (χ1v) is 6.95. The smallest absolute Gasteiger partial charge is 0.258 e. The number of carbonyl (C=O) groups is 1. The normalized spacial score (nSPS) is 12.3. The summed E-state index contributed by atoms with van der Waals surface area (Å²) in [5, 5.41) is 2.83. The van der Waals surface area contributed by atoms with Crippen molar-refractivity contribution in [1.82, 2.24) is 5.32 Å². The molecule has 1 amide bonds. The van der Waals surface area contributed by atoms with E-state index in [1.54, 1.807) is 7.11 Å². The first-order valence-electron chi connectivity index (χ1n) is 6.95. The SMILES string of the molecule is COCC(C)NC(=O)COc1cc(C)ccc1C(C)C. The number of hydrogen-bond donors (Lipinski definition) is 1. The van der Waals surface area contributed by atoms with Crippen LogP contribution in [0.3, 0.4) is 0 Å². The van der Waals surface area contributed by atoms with Gasteiger partial charge in [-0.3, -0.25) is 4.79 Å². The summed E-state index contributed by atoms with van der Waals surface area (Å²) in [5.41, 5.74) is 2.24. The molecule has 0 heterocycles. The van der Waals surface area contributed by atoms with E-state index in [1.165, 1.54) is 0 Å². The lowest BCUT2D eigenvalue weighted by molar-refractivity contribution is -0.124. The van der Waals surface area contributed by atoms with Gasteiger partial charge in [0, 0.05) is 13.2 Å². The molecular formula is C16H25NO3. The van der Waals surface area contributed by atoms with Crippen LogP contribution in [0.2, 0.25) is 0 Å². The summed E-state index contributed by atoms with van der Waals surface area (Å²) < 4.78 is 10.6. The van der Waals surface area contributed by atoms with Gasteiger partial charge in [-0.15, -0.1) is 0 Å². The number of amides is 1. The average Bonchev–Trinajstić information content (AvgIpc) is 2.36. The molecule has 0 radical (unpaired) electrons. The van der Waals surface area contributed by atoms with Crippen molar-refractivity contribution in [1.29, 1.82) is 0 Å². The van der Waals surface area contributed by atoms with E-state index in [0.717, 1.165) is 16.9 Å². The van der Waals surface area contributed by atoms with E-state index >= 15 is 0 Å². The Labute approximate surface area is 121 Å². The van der Waals surface area contributed by atoms with Crippen LogP contribution in [0, 0.1) is 6.92 Å². The minimum absolute atomic E-state index is 0.0156. The summed E-state index contributed by atoms with van der Waals surface area (Å²) in [6.07, 6.45) is 0. The number of carbonyl (C=O) groups excluding carboxylic acids is 1. The van der Waals surface area contributed by atoms with Gasteiger partial charge in [0.15, 0.2) is 6.61 Å². The predicted octanol–water partition coefficient (Wildman–Crippen LogP) is 2.65. The van der Waals surface area contributed by atoms with Gasteiger partial charge in [-0.2, -0.15) is 0 Å². The number of rotatable bonds is 7. The Morgan fingerprint density at radius 2 is 2.00 bits per heavy atom. The predicted molar refractivity (Wildman–Crippen MR) is 80.2 cm³/mol. The molecule has 0 bridgehead atoms. The summed E-state index contributed by atoms with van der Waals surface area (Å²) in [6.45, 7) is 8.65. The van der Waals surface area contributed by atoms with Crippen LogP contribution >= 0.6 is 0 Å². The van der Waals surface area contributed by atoms with Crippen LogP contribution in [0.5, 0.6) is 5.75 Å². The lowest BCUT2D eigenvalue weighted by Crippen LogP contribution is -2.38. The molecule has 20 heavy (non-hydrogen) atoms. The van der Waals surface area contributed by atoms with Crippen molar-refractivity contribution >= 4 is 5.91 Å². The minimum atomic E-state index is -0.134. The van der Waals surface area contributed by atoms with Gasteiger partial charge in [-0.1, -0.05) is 26.0 Å². The van der Waals surface area contributed by atoms with Gasteiger partial charge in [0.2, 0.25) is 0 Å². The number of nitrogens with one attached hydrogen (secondary N) is 1. The van der Waals surface area contributed by atoms with E-state index in [-0.39, 0.29) is 18.6 Å². The Morgan fingerprint density at radius 1 is 1.30 bits per heavy atom. The third-order valence-corrected chi connectivity index (χ3v) is 2.97. The number of aryl methyl sites for hydroxylation is 1. The van der Waals surface area contributed by atoms with Gasteiger partial charge < -0.3 is 14.8 Å². The molecule has 112 valence electrons. The van der Waals surface area contributed by atoms with Crippen LogP contribution in [0.15, 0.2) is 18.2 Å². The lowest BCUT2D eigenvalue weighted by Gasteiger charge is -2.16. The first-order chi connectivity index (χ1) is 9.43. The maximum absolute atomic E-state index is 11.8. The van der Waals surface area contributed by atoms with Crippen molar-refractivity contribution in [3.05, 3.63) is 29.3 Å². The first kappa shape index (κ1) is 16.5. The topological polar surface area (TPSA) is 47.6 Å². The Kier molecular flexibility index (Phi) is 6.52. The highest BCUT2D eigenvalue weighted by atomic mass is 16.5. The van der Waals surface area contributed by atoms with Gasteiger partial charge >= 0.3 is 0 Å².